The second-order valence-corrected chi connectivity index (χ2v) is 3.51. The van der Waals surface area contributed by atoms with Crippen molar-refractivity contribution in [2.75, 3.05) is 0 Å². The van der Waals surface area contributed by atoms with Crippen molar-refractivity contribution in [3.63, 3.8) is 0 Å². The number of benzene rings is 1. The van der Waals surface area contributed by atoms with Crippen LogP contribution in [-0.4, -0.2) is 0 Å². The molecule has 0 nitrogen and oxygen atoms in total. The van der Waals surface area contributed by atoms with Crippen LogP contribution < -0.4 is 0 Å². The summed E-state index contributed by atoms with van der Waals surface area (Å²) in [5, 5.41) is 1.40. The first-order valence-electron chi connectivity index (χ1n) is 4.07. The molecule has 0 saturated heterocycles. The third kappa shape index (κ3) is 3.30. The summed E-state index contributed by atoms with van der Waals surface area (Å²) in [6.45, 7) is 1.84. The van der Waals surface area contributed by atoms with Gasteiger partial charge in [-0.3, -0.25) is 0 Å². The van der Waals surface area contributed by atoms with E-state index in [1.165, 1.54) is 0 Å². The molecule has 0 N–H and O–H groups in total. The summed E-state index contributed by atoms with van der Waals surface area (Å²) in [6.07, 6.45) is 1.73. The molecule has 0 bridgehead atoms. The number of aryl methyl sites for hydroxylation is 1. The average Bonchev–Trinajstić information content (AvgIpc) is 2.09. The van der Waals surface area contributed by atoms with Crippen molar-refractivity contribution in [2.24, 2.45) is 0 Å². The van der Waals surface area contributed by atoms with E-state index in [-0.39, 0.29) is 0 Å². The molecule has 0 fully saturated rings. The van der Waals surface area contributed by atoms with Gasteiger partial charge in [-0.25, -0.2) is 0 Å². The standard InChI is InChI=1S/C11H10Cl2/c1-2-3-4-5-9-6-7-10(12)8-11(9)13/h6-8H,4-5H2,1H3. The normalized spacial score (nSPS) is 9.15. The topological polar surface area (TPSA) is 0 Å². The van der Waals surface area contributed by atoms with Crippen molar-refractivity contribution in [3.8, 4) is 11.8 Å². The molecular formula is C11H10Cl2. The van der Waals surface area contributed by atoms with E-state index in [0.29, 0.717) is 5.02 Å². The maximum atomic E-state index is 5.98. The van der Waals surface area contributed by atoms with Gasteiger partial charge in [-0.05, 0) is 31.0 Å². The molecule has 1 rings (SSSR count). The fourth-order valence-corrected chi connectivity index (χ4v) is 1.55. The Balaban J connectivity index is 2.70. The van der Waals surface area contributed by atoms with E-state index < -0.39 is 0 Å². The second-order valence-electron chi connectivity index (χ2n) is 2.66. The lowest BCUT2D eigenvalue weighted by Gasteiger charge is -2.01. The molecule has 2 heteroatoms. The predicted molar refractivity (Wildman–Crippen MR) is 58.2 cm³/mol. The van der Waals surface area contributed by atoms with Crippen LogP contribution in [0.3, 0.4) is 0 Å². The van der Waals surface area contributed by atoms with E-state index >= 15 is 0 Å². The summed E-state index contributed by atoms with van der Waals surface area (Å²) in [5.74, 6) is 5.85. The Kier molecular flexibility index (Phi) is 4.15. The summed E-state index contributed by atoms with van der Waals surface area (Å²) in [6, 6.07) is 5.56. The lowest BCUT2D eigenvalue weighted by Crippen LogP contribution is -1.84. The SMILES string of the molecule is CC#CCCc1ccc(Cl)cc1Cl. The van der Waals surface area contributed by atoms with Crippen LogP contribution in [0, 0.1) is 11.8 Å². The molecule has 0 spiro atoms. The van der Waals surface area contributed by atoms with E-state index in [4.69, 9.17) is 23.2 Å². The van der Waals surface area contributed by atoms with Crippen molar-refractivity contribution in [1.82, 2.24) is 0 Å². The minimum atomic E-state index is 0.676. The Morgan fingerprint density at radius 1 is 1.31 bits per heavy atom. The molecule has 68 valence electrons. The molecular weight excluding hydrogens is 203 g/mol. The Bertz CT molecular complexity index is 345. The van der Waals surface area contributed by atoms with E-state index in [9.17, 15) is 0 Å². The highest BCUT2D eigenvalue weighted by molar-refractivity contribution is 6.35. The third-order valence-electron chi connectivity index (χ3n) is 1.71. The van der Waals surface area contributed by atoms with Crippen LogP contribution in [0.1, 0.15) is 18.9 Å². The van der Waals surface area contributed by atoms with Crippen LogP contribution >= 0.6 is 23.2 Å². The van der Waals surface area contributed by atoms with Gasteiger partial charge in [-0.2, -0.15) is 0 Å². The number of hydrogen-bond acceptors (Lipinski definition) is 0. The molecule has 13 heavy (non-hydrogen) atoms. The van der Waals surface area contributed by atoms with E-state index in [1.807, 2.05) is 19.1 Å². The Labute approximate surface area is 88.9 Å². The predicted octanol–water partition coefficient (Wildman–Crippen LogP) is 3.95. The number of rotatable bonds is 2. The highest BCUT2D eigenvalue weighted by atomic mass is 35.5. The zero-order valence-electron chi connectivity index (χ0n) is 7.40. The fraction of sp³-hybridized carbons (Fsp3) is 0.273. The Morgan fingerprint density at radius 2 is 2.08 bits per heavy atom. The van der Waals surface area contributed by atoms with Crippen molar-refractivity contribution in [1.29, 1.82) is 0 Å². The summed E-state index contributed by atoms with van der Waals surface area (Å²) in [4.78, 5) is 0. The van der Waals surface area contributed by atoms with Crippen LogP contribution in [0.25, 0.3) is 0 Å². The Morgan fingerprint density at radius 3 is 2.69 bits per heavy atom. The van der Waals surface area contributed by atoms with E-state index in [2.05, 4.69) is 11.8 Å². The summed E-state index contributed by atoms with van der Waals surface area (Å²) in [7, 11) is 0. The minimum Gasteiger partial charge on any atom is -0.107 e. The molecule has 0 aliphatic heterocycles. The smallest absolute Gasteiger partial charge is 0.0453 e. The van der Waals surface area contributed by atoms with Crippen LogP contribution in [0.5, 0.6) is 0 Å². The molecule has 0 heterocycles. The van der Waals surface area contributed by atoms with Crippen molar-refractivity contribution < 1.29 is 0 Å². The largest absolute Gasteiger partial charge is 0.107 e. The van der Waals surface area contributed by atoms with Crippen molar-refractivity contribution in [2.45, 2.75) is 19.8 Å². The first kappa shape index (κ1) is 10.4. The zero-order chi connectivity index (χ0) is 9.68. The molecule has 0 aromatic heterocycles. The minimum absolute atomic E-state index is 0.676. The molecule has 0 amide bonds. The van der Waals surface area contributed by atoms with E-state index in [0.717, 1.165) is 23.4 Å². The first-order valence-corrected chi connectivity index (χ1v) is 4.83. The van der Waals surface area contributed by atoms with Gasteiger partial charge in [-0.15, -0.1) is 11.8 Å². The van der Waals surface area contributed by atoms with Gasteiger partial charge >= 0.3 is 0 Å². The Hall–Kier alpha value is -0.640. The molecule has 0 saturated carbocycles. The average molecular weight is 213 g/mol. The molecule has 0 atom stereocenters. The van der Waals surface area contributed by atoms with Crippen LogP contribution in [0.4, 0.5) is 0 Å². The number of hydrogen-bond donors (Lipinski definition) is 0. The highest BCUT2D eigenvalue weighted by Crippen LogP contribution is 2.21. The quantitative estimate of drug-likeness (QED) is 0.652. The van der Waals surface area contributed by atoms with Gasteiger partial charge in [-0.1, -0.05) is 29.3 Å². The molecule has 0 radical (unpaired) electrons. The fourth-order valence-electron chi connectivity index (χ4n) is 1.05. The molecule has 1 aromatic rings. The first-order chi connectivity index (χ1) is 6.24. The van der Waals surface area contributed by atoms with Crippen LogP contribution in [0.2, 0.25) is 10.0 Å². The van der Waals surface area contributed by atoms with Gasteiger partial charge in [0.25, 0.3) is 0 Å². The zero-order valence-corrected chi connectivity index (χ0v) is 8.91. The lowest BCUT2D eigenvalue weighted by atomic mass is 10.1. The van der Waals surface area contributed by atoms with Gasteiger partial charge in [0.1, 0.15) is 0 Å². The number of halogens is 2. The molecule has 1 aromatic carbocycles. The van der Waals surface area contributed by atoms with Gasteiger partial charge in [0.05, 0.1) is 0 Å². The van der Waals surface area contributed by atoms with Crippen LogP contribution in [0.15, 0.2) is 18.2 Å². The maximum Gasteiger partial charge on any atom is 0.0453 e. The second kappa shape index (κ2) is 5.17. The maximum absolute atomic E-state index is 5.98. The molecule has 0 aliphatic carbocycles. The van der Waals surface area contributed by atoms with Crippen molar-refractivity contribution >= 4 is 23.2 Å². The summed E-state index contributed by atoms with van der Waals surface area (Å²) >= 11 is 11.7. The monoisotopic (exact) mass is 212 g/mol. The molecule has 0 unspecified atom stereocenters. The summed E-state index contributed by atoms with van der Waals surface area (Å²) < 4.78 is 0. The molecule has 0 aliphatic rings. The van der Waals surface area contributed by atoms with Gasteiger partial charge in [0, 0.05) is 16.5 Å². The summed E-state index contributed by atoms with van der Waals surface area (Å²) in [5.41, 5.74) is 1.11. The van der Waals surface area contributed by atoms with Crippen LogP contribution in [-0.2, 0) is 6.42 Å². The van der Waals surface area contributed by atoms with Gasteiger partial charge < -0.3 is 0 Å². The third-order valence-corrected chi connectivity index (χ3v) is 2.30. The van der Waals surface area contributed by atoms with E-state index in [1.54, 1.807) is 6.07 Å². The van der Waals surface area contributed by atoms with Gasteiger partial charge in [0.2, 0.25) is 0 Å². The van der Waals surface area contributed by atoms with Gasteiger partial charge in [0.15, 0.2) is 0 Å². The van der Waals surface area contributed by atoms with Crippen molar-refractivity contribution in [3.05, 3.63) is 33.8 Å². The highest BCUT2D eigenvalue weighted by Gasteiger charge is 1.99. The lowest BCUT2D eigenvalue weighted by molar-refractivity contribution is 1.03.